The highest BCUT2D eigenvalue weighted by Gasteiger charge is 2.33. The Balaban J connectivity index is 2.17. The Kier molecular flexibility index (Phi) is 4.64. The standard InChI is InChI=1S/C15H22BrFN2/c1-4-12-9-19(15(2,3)10-18-12)8-11-6-5-7-13(17)14(11)16/h5-7,12,18H,4,8-10H2,1-3H3. The average Bonchev–Trinajstić information content (AvgIpc) is 2.37. The number of nitrogens with zero attached hydrogens (tertiary/aromatic N) is 1. The van der Waals surface area contributed by atoms with Gasteiger partial charge < -0.3 is 5.32 Å². The van der Waals surface area contributed by atoms with Crippen LogP contribution in [0.25, 0.3) is 0 Å². The lowest BCUT2D eigenvalue weighted by Crippen LogP contribution is -2.61. The SMILES string of the molecule is CCC1CN(Cc2cccc(F)c2Br)C(C)(C)CN1. The van der Waals surface area contributed by atoms with Crippen LogP contribution in [0.4, 0.5) is 4.39 Å². The first kappa shape index (κ1) is 14.9. The van der Waals surface area contributed by atoms with Gasteiger partial charge in [0.25, 0.3) is 0 Å². The van der Waals surface area contributed by atoms with Gasteiger partial charge in [0.15, 0.2) is 0 Å². The van der Waals surface area contributed by atoms with Gasteiger partial charge in [-0.1, -0.05) is 19.1 Å². The van der Waals surface area contributed by atoms with Crippen molar-refractivity contribution in [1.82, 2.24) is 10.2 Å². The highest BCUT2D eigenvalue weighted by atomic mass is 79.9. The molecule has 1 N–H and O–H groups in total. The van der Waals surface area contributed by atoms with E-state index in [0.717, 1.165) is 31.6 Å². The number of rotatable bonds is 3. The molecular weight excluding hydrogens is 307 g/mol. The third-order valence-corrected chi connectivity index (χ3v) is 4.89. The number of nitrogens with one attached hydrogen (secondary N) is 1. The molecule has 0 radical (unpaired) electrons. The Morgan fingerprint density at radius 2 is 2.21 bits per heavy atom. The summed E-state index contributed by atoms with van der Waals surface area (Å²) in [4.78, 5) is 2.44. The Bertz CT molecular complexity index is 448. The maximum atomic E-state index is 13.6. The first-order valence-electron chi connectivity index (χ1n) is 6.85. The van der Waals surface area contributed by atoms with Crippen LogP contribution in [-0.2, 0) is 6.54 Å². The molecule has 2 rings (SSSR count). The van der Waals surface area contributed by atoms with E-state index in [9.17, 15) is 4.39 Å². The topological polar surface area (TPSA) is 15.3 Å². The number of hydrogen-bond acceptors (Lipinski definition) is 2. The molecule has 1 unspecified atom stereocenters. The van der Waals surface area contributed by atoms with Crippen molar-refractivity contribution in [2.24, 2.45) is 0 Å². The summed E-state index contributed by atoms with van der Waals surface area (Å²) in [5.41, 5.74) is 1.11. The van der Waals surface area contributed by atoms with Crippen LogP contribution in [0.15, 0.2) is 22.7 Å². The second kappa shape index (κ2) is 5.90. The minimum atomic E-state index is -0.183. The van der Waals surface area contributed by atoms with Gasteiger partial charge in [-0.05, 0) is 47.8 Å². The number of piperazine rings is 1. The maximum absolute atomic E-state index is 13.6. The highest BCUT2D eigenvalue weighted by Crippen LogP contribution is 2.27. The molecule has 0 aromatic heterocycles. The minimum absolute atomic E-state index is 0.0947. The van der Waals surface area contributed by atoms with Crippen molar-refractivity contribution in [3.05, 3.63) is 34.1 Å². The van der Waals surface area contributed by atoms with Gasteiger partial charge >= 0.3 is 0 Å². The molecule has 1 aliphatic rings. The maximum Gasteiger partial charge on any atom is 0.137 e. The van der Waals surface area contributed by atoms with Gasteiger partial charge in [0, 0.05) is 31.2 Å². The van der Waals surface area contributed by atoms with E-state index in [1.54, 1.807) is 6.07 Å². The lowest BCUT2D eigenvalue weighted by atomic mass is 9.95. The van der Waals surface area contributed by atoms with Gasteiger partial charge in [-0.2, -0.15) is 0 Å². The molecule has 0 saturated carbocycles. The van der Waals surface area contributed by atoms with Crippen LogP contribution in [0.5, 0.6) is 0 Å². The van der Waals surface area contributed by atoms with Gasteiger partial charge in [-0.15, -0.1) is 0 Å². The normalized spacial score (nSPS) is 23.5. The molecule has 19 heavy (non-hydrogen) atoms. The molecule has 1 fully saturated rings. The van der Waals surface area contributed by atoms with Crippen LogP contribution in [0.2, 0.25) is 0 Å². The van der Waals surface area contributed by atoms with Crippen molar-refractivity contribution < 1.29 is 4.39 Å². The predicted octanol–water partition coefficient (Wildman–Crippen LogP) is 3.55. The van der Waals surface area contributed by atoms with Crippen LogP contribution >= 0.6 is 15.9 Å². The molecule has 1 atom stereocenters. The van der Waals surface area contributed by atoms with Crippen LogP contribution in [0.1, 0.15) is 32.8 Å². The summed E-state index contributed by atoms with van der Waals surface area (Å²) in [5, 5.41) is 3.57. The van der Waals surface area contributed by atoms with Crippen molar-refractivity contribution >= 4 is 15.9 Å². The first-order chi connectivity index (χ1) is 8.94. The fourth-order valence-electron chi connectivity index (χ4n) is 2.51. The molecule has 1 aromatic rings. The molecule has 1 aliphatic heterocycles. The molecular formula is C15H22BrFN2. The molecule has 106 valence electrons. The molecule has 2 nitrogen and oxygen atoms in total. The lowest BCUT2D eigenvalue weighted by molar-refractivity contribution is 0.0574. The summed E-state index contributed by atoms with van der Waals surface area (Å²) in [6.45, 7) is 9.43. The fourth-order valence-corrected chi connectivity index (χ4v) is 2.90. The monoisotopic (exact) mass is 328 g/mol. The first-order valence-corrected chi connectivity index (χ1v) is 7.64. The van der Waals surface area contributed by atoms with Crippen LogP contribution < -0.4 is 5.32 Å². The molecule has 4 heteroatoms. The lowest BCUT2D eigenvalue weighted by Gasteiger charge is -2.46. The summed E-state index contributed by atoms with van der Waals surface area (Å²) in [7, 11) is 0. The summed E-state index contributed by atoms with van der Waals surface area (Å²) in [5.74, 6) is -0.183. The van der Waals surface area contributed by atoms with Crippen LogP contribution in [0, 0.1) is 5.82 Å². The van der Waals surface area contributed by atoms with E-state index in [1.807, 2.05) is 6.07 Å². The van der Waals surface area contributed by atoms with Crippen LogP contribution in [-0.4, -0.2) is 29.6 Å². The molecule has 0 bridgehead atoms. The molecule has 0 amide bonds. The number of halogens is 2. The molecule has 0 aliphatic carbocycles. The van der Waals surface area contributed by atoms with E-state index >= 15 is 0 Å². The predicted molar refractivity (Wildman–Crippen MR) is 80.7 cm³/mol. The molecule has 1 saturated heterocycles. The van der Waals surface area contributed by atoms with E-state index in [4.69, 9.17) is 0 Å². The van der Waals surface area contributed by atoms with Crippen molar-refractivity contribution in [2.75, 3.05) is 13.1 Å². The smallest absolute Gasteiger partial charge is 0.137 e. The van der Waals surface area contributed by atoms with E-state index in [2.05, 4.69) is 46.9 Å². The Morgan fingerprint density at radius 1 is 1.47 bits per heavy atom. The Hall–Kier alpha value is -0.450. The van der Waals surface area contributed by atoms with Crippen molar-refractivity contribution in [1.29, 1.82) is 0 Å². The van der Waals surface area contributed by atoms with Crippen molar-refractivity contribution in [3.63, 3.8) is 0 Å². The van der Waals surface area contributed by atoms with E-state index in [1.165, 1.54) is 6.07 Å². The summed E-state index contributed by atoms with van der Waals surface area (Å²) in [6.07, 6.45) is 1.12. The quantitative estimate of drug-likeness (QED) is 0.912. The zero-order valence-corrected chi connectivity index (χ0v) is 13.4. The van der Waals surface area contributed by atoms with Crippen LogP contribution in [0.3, 0.4) is 0 Å². The highest BCUT2D eigenvalue weighted by molar-refractivity contribution is 9.10. The van der Waals surface area contributed by atoms with Gasteiger partial charge in [0.1, 0.15) is 5.82 Å². The van der Waals surface area contributed by atoms with Gasteiger partial charge in [0.05, 0.1) is 4.47 Å². The fraction of sp³-hybridized carbons (Fsp3) is 0.600. The van der Waals surface area contributed by atoms with E-state index < -0.39 is 0 Å². The third kappa shape index (κ3) is 3.36. The minimum Gasteiger partial charge on any atom is -0.311 e. The third-order valence-electron chi connectivity index (χ3n) is 4.01. The van der Waals surface area contributed by atoms with E-state index in [0.29, 0.717) is 10.5 Å². The molecule has 0 spiro atoms. The summed E-state index contributed by atoms with van der Waals surface area (Å²) >= 11 is 3.36. The van der Waals surface area contributed by atoms with Crippen molar-refractivity contribution in [3.8, 4) is 0 Å². The Labute approximate surface area is 123 Å². The largest absolute Gasteiger partial charge is 0.311 e. The Morgan fingerprint density at radius 3 is 2.89 bits per heavy atom. The van der Waals surface area contributed by atoms with Crippen molar-refractivity contribution in [2.45, 2.75) is 45.3 Å². The zero-order chi connectivity index (χ0) is 14.0. The average molecular weight is 329 g/mol. The van der Waals surface area contributed by atoms with Gasteiger partial charge in [-0.25, -0.2) is 4.39 Å². The number of benzene rings is 1. The zero-order valence-electron chi connectivity index (χ0n) is 11.8. The van der Waals surface area contributed by atoms with Gasteiger partial charge in [-0.3, -0.25) is 4.90 Å². The summed E-state index contributed by atoms with van der Waals surface area (Å²) in [6, 6.07) is 5.79. The second-order valence-corrected chi connectivity index (χ2v) is 6.68. The van der Waals surface area contributed by atoms with E-state index in [-0.39, 0.29) is 11.4 Å². The molecule has 1 aromatic carbocycles. The second-order valence-electron chi connectivity index (χ2n) is 5.89. The molecule has 1 heterocycles. The summed E-state index contributed by atoms with van der Waals surface area (Å²) < 4.78 is 14.2. The van der Waals surface area contributed by atoms with Gasteiger partial charge in [0.2, 0.25) is 0 Å². The number of hydrogen-bond donors (Lipinski definition) is 1.